The lowest BCUT2D eigenvalue weighted by Crippen LogP contribution is -2.54. The van der Waals surface area contributed by atoms with Crippen LogP contribution < -0.4 is 4.74 Å². The lowest BCUT2D eigenvalue weighted by atomic mass is 9.85. The Balaban J connectivity index is 1.43. The van der Waals surface area contributed by atoms with E-state index >= 15 is 0 Å². The highest BCUT2D eigenvalue weighted by Gasteiger charge is 2.35. The first kappa shape index (κ1) is 33.5. The van der Waals surface area contributed by atoms with Gasteiger partial charge in [0, 0.05) is 50.4 Å². The van der Waals surface area contributed by atoms with Gasteiger partial charge < -0.3 is 14.5 Å². The van der Waals surface area contributed by atoms with E-state index < -0.39 is 21.8 Å². The van der Waals surface area contributed by atoms with Gasteiger partial charge in [0.05, 0.1) is 4.90 Å². The quantitative estimate of drug-likeness (QED) is 0.302. The van der Waals surface area contributed by atoms with Crippen LogP contribution in [0.2, 0.25) is 5.02 Å². The third-order valence-corrected chi connectivity index (χ3v) is 10.4. The molecule has 4 rings (SSSR count). The van der Waals surface area contributed by atoms with E-state index in [0.717, 1.165) is 16.7 Å². The maximum absolute atomic E-state index is 13.7. The molecule has 3 aromatic rings. The fourth-order valence-corrected chi connectivity index (χ4v) is 7.46. The topological polar surface area (TPSA) is 87.2 Å². The fraction of sp³-hybridized carbons (Fsp3) is 0.412. The van der Waals surface area contributed by atoms with E-state index in [0.29, 0.717) is 38.1 Å². The van der Waals surface area contributed by atoms with Gasteiger partial charge in [-0.15, -0.1) is 0 Å². The molecule has 0 unspecified atom stereocenters. The second kappa shape index (κ2) is 12.9. The molecule has 0 radical (unpaired) electrons. The van der Waals surface area contributed by atoms with E-state index in [1.165, 1.54) is 14.1 Å². The summed E-state index contributed by atoms with van der Waals surface area (Å²) in [6.45, 7) is 14.5. The Morgan fingerprint density at radius 1 is 0.864 bits per heavy atom. The predicted octanol–water partition coefficient (Wildman–Crippen LogP) is 6.15. The standard InChI is InChI=1S/C34H42ClN3O5S/c1-22-9-12-29(23(2)17-22)43-30-20-28(35)11-10-26(30)21-36(8)32(39)33(40)37-13-15-38(16-14-37)44(41,42)31-24(3)18-27(19-25(31)4)34(5,6)7/h9-12,17-20H,13-16,21H2,1-8H3. The molecular formula is C34H42ClN3O5S. The highest BCUT2D eigenvalue weighted by Crippen LogP contribution is 2.33. The van der Waals surface area contributed by atoms with E-state index in [4.69, 9.17) is 16.3 Å². The van der Waals surface area contributed by atoms with Crippen LogP contribution in [0.25, 0.3) is 0 Å². The number of hydrogen-bond acceptors (Lipinski definition) is 5. The van der Waals surface area contributed by atoms with Crippen molar-refractivity contribution in [2.75, 3.05) is 33.2 Å². The van der Waals surface area contributed by atoms with Crippen LogP contribution in [-0.2, 0) is 31.6 Å². The Kier molecular flexibility index (Phi) is 9.83. The van der Waals surface area contributed by atoms with Crippen molar-refractivity contribution in [2.24, 2.45) is 0 Å². The average molecular weight is 640 g/mol. The number of carbonyl (C=O) groups excluding carboxylic acids is 2. The first-order valence-electron chi connectivity index (χ1n) is 14.7. The van der Waals surface area contributed by atoms with Crippen molar-refractivity contribution < 1.29 is 22.7 Å². The number of sulfonamides is 1. The maximum atomic E-state index is 13.7. The van der Waals surface area contributed by atoms with Crippen molar-refractivity contribution in [2.45, 2.75) is 65.3 Å². The zero-order valence-corrected chi connectivity index (χ0v) is 28.4. The van der Waals surface area contributed by atoms with Crippen LogP contribution in [0.4, 0.5) is 0 Å². The Morgan fingerprint density at radius 3 is 2.05 bits per heavy atom. The van der Waals surface area contributed by atoms with E-state index in [2.05, 4.69) is 20.8 Å². The Hall–Kier alpha value is -3.40. The number of carbonyl (C=O) groups is 2. The summed E-state index contributed by atoms with van der Waals surface area (Å²) in [4.78, 5) is 29.5. The average Bonchev–Trinajstić information content (AvgIpc) is 2.94. The molecule has 1 aliphatic heterocycles. The predicted molar refractivity (Wildman–Crippen MR) is 174 cm³/mol. The number of halogens is 1. The van der Waals surface area contributed by atoms with Crippen LogP contribution in [0.15, 0.2) is 53.4 Å². The first-order chi connectivity index (χ1) is 20.5. The zero-order chi connectivity index (χ0) is 32.6. The molecule has 2 amide bonds. The second-order valence-corrected chi connectivity index (χ2v) is 15.0. The summed E-state index contributed by atoms with van der Waals surface area (Å²) in [5, 5.41) is 0.488. The summed E-state index contributed by atoms with van der Waals surface area (Å²) in [6.07, 6.45) is 0. The van der Waals surface area contributed by atoms with Crippen molar-refractivity contribution in [3.8, 4) is 11.5 Å². The Morgan fingerprint density at radius 2 is 1.48 bits per heavy atom. The van der Waals surface area contributed by atoms with Crippen LogP contribution in [0.1, 0.15) is 54.2 Å². The summed E-state index contributed by atoms with van der Waals surface area (Å²) >= 11 is 6.26. The molecular weight excluding hydrogens is 598 g/mol. The highest BCUT2D eigenvalue weighted by molar-refractivity contribution is 7.89. The number of likely N-dealkylation sites (N-methyl/N-ethyl adjacent to an activating group) is 1. The smallest absolute Gasteiger partial charge is 0.312 e. The second-order valence-electron chi connectivity index (χ2n) is 12.7. The number of benzene rings is 3. The van der Waals surface area contributed by atoms with Crippen LogP contribution in [0, 0.1) is 27.7 Å². The molecule has 44 heavy (non-hydrogen) atoms. The SMILES string of the molecule is Cc1ccc(Oc2cc(Cl)ccc2CN(C)C(=O)C(=O)N2CCN(S(=O)(=O)c3c(C)cc(C(C)(C)C)cc3C)CC2)c(C)c1. The Bertz CT molecular complexity index is 1670. The minimum absolute atomic E-state index is 0.105. The first-order valence-corrected chi connectivity index (χ1v) is 16.5. The summed E-state index contributed by atoms with van der Waals surface area (Å²) in [7, 11) is -2.22. The van der Waals surface area contributed by atoms with Gasteiger partial charge in [0.1, 0.15) is 11.5 Å². The van der Waals surface area contributed by atoms with E-state index in [9.17, 15) is 18.0 Å². The van der Waals surface area contributed by atoms with E-state index in [1.54, 1.807) is 25.2 Å². The van der Waals surface area contributed by atoms with Gasteiger partial charge in [-0.25, -0.2) is 8.42 Å². The molecule has 1 saturated heterocycles. The van der Waals surface area contributed by atoms with Crippen molar-refractivity contribution >= 4 is 33.4 Å². The lowest BCUT2D eigenvalue weighted by molar-refractivity contribution is -0.152. The molecule has 0 aromatic heterocycles. The zero-order valence-electron chi connectivity index (χ0n) is 26.8. The molecule has 3 aromatic carbocycles. The molecule has 0 atom stereocenters. The number of nitrogens with zero attached hydrogens (tertiary/aromatic N) is 3. The molecule has 0 aliphatic carbocycles. The molecule has 1 heterocycles. The van der Waals surface area contributed by atoms with Gasteiger partial charge in [-0.1, -0.05) is 68.3 Å². The minimum Gasteiger partial charge on any atom is -0.457 e. The van der Waals surface area contributed by atoms with Gasteiger partial charge in [0.25, 0.3) is 0 Å². The molecule has 0 saturated carbocycles. The van der Waals surface area contributed by atoms with Crippen LogP contribution in [0.5, 0.6) is 11.5 Å². The third kappa shape index (κ3) is 7.28. The number of ether oxygens (including phenoxy) is 1. The van der Waals surface area contributed by atoms with Crippen molar-refractivity contribution in [3.05, 3.63) is 86.9 Å². The number of hydrogen-bond donors (Lipinski definition) is 0. The van der Waals surface area contributed by atoms with Gasteiger partial charge in [0.15, 0.2) is 0 Å². The highest BCUT2D eigenvalue weighted by atomic mass is 35.5. The fourth-order valence-electron chi connectivity index (χ4n) is 5.46. The van der Waals surface area contributed by atoms with Crippen LogP contribution >= 0.6 is 11.6 Å². The molecule has 1 fully saturated rings. The molecule has 10 heteroatoms. The summed E-state index contributed by atoms with van der Waals surface area (Å²) < 4.78 is 34.9. The lowest BCUT2D eigenvalue weighted by Gasteiger charge is -2.35. The van der Waals surface area contributed by atoms with Crippen molar-refractivity contribution in [1.82, 2.24) is 14.1 Å². The molecule has 236 valence electrons. The number of aryl methyl sites for hydroxylation is 4. The molecule has 1 aliphatic rings. The molecule has 0 spiro atoms. The number of piperazine rings is 1. The largest absolute Gasteiger partial charge is 0.457 e. The summed E-state index contributed by atoms with van der Waals surface area (Å²) in [6, 6.07) is 14.9. The Labute approximate surface area is 266 Å². The van der Waals surface area contributed by atoms with Crippen LogP contribution in [-0.4, -0.2) is 67.6 Å². The van der Waals surface area contributed by atoms with Gasteiger partial charge in [-0.3, -0.25) is 9.59 Å². The third-order valence-electron chi connectivity index (χ3n) is 7.97. The summed E-state index contributed by atoms with van der Waals surface area (Å²) in [5.74, 6) is -0.181. The normalized spacial score (nSPS) is 14.4. The summed E-state index contributed by atoms with van der Waals surface area (Å²) in [5.41, 5.74) is 5.14. The minimum atomic E-state index is -3.78. The monoisotopic (exact) mass is 639 g/mol. The van der Waals surface area contributed by atoms with Gasteiger partial charge in [-0.05, 0) is 73.6 Å². The van der Waals surface area contributed by atoms with Gasteiger partial charge in [0.2, 0.25) is 10.0 Å². The van der Waals surface area contributed by atoms with Crippen LogP contribution in [0.3, 0.4) is 0 Å². The number of amides is 2. The number of rotatable bonds is 6. The maximum Gasteiger partial charge on any atom is 0.312 e. The van der Waals surface area contributed by atoms with E-state index in [-0.39, 0.29) is 38.1 Å². The molecule has 0 bridgehead atoms. The van der Waals surface area contributed by atoms with E-state index in [1.807, 2.05) is 58.0 Å². The van der Waals surface area contributed by atoms with Gasteiger partial charge >= 0.3 is 11.8 Å². The van der Waals surface area contributed by atoms with Gasteiger partial charge in [-0.2, -0.15) is 4.31 Å². The van der Waals surface area contributed by atoms with Crippen molar-refractivity contribution in [1.29, 1.82) is 0 Å². The molecule has 0 N–H and O–H groups in total. The van der Waals surface area contributed by atoms with Crippen molar-refractivity contribution in [3.63, 3.8) is 0 Å². The molecule has 8 nitrogen and oxygen atoms in total.